The van der Waals surface area contributed by atoms with Gasteiger partial charge in [-0.25, -0.2) is 4.98 Å². The number of anilines is 1. The number of pyridine rings is 1. The summed E-state index contributed by atoms with van der Waals surface area (Å²) in [4.78, 5) is 28.8. The first-order valence-corrected chi connectivity index (χ1v) is 8.37. The van der Waals surface area contributed by atoms with Gasteiger partial charge in [0.2, 0.25) is 0 Å². The van der Waals surface area contributed by atoms with Crippen LogP contribution in [-0.4, -0.2) is 37.6 Å². The average Bonchev–Trinajstić information content (AvgIpc) is 2.68. The fourth-order valence-electron chi connectivity index (χ4n) is 2.25. The summed E-state index contributed by atoms with van der Waals surface area (Å²) in [6, 6.07) is 9.82. The molecule has 2 amide bonds. The third-order valence-electron chi connectivity index (χ3n) is 3.69. The molecule has 0 radical (unpaired) electrons. The van der Waals surface area contributed by atoms with Gasteiger partial charge in [-0.2, -0.15) is 0 Å². The molecule has 0 spiro atoms. The Hall–Kier alpha value is -3.09. The van der Waals surface area contributed by atoms with Gasteiger partial charge in [-0.05, 0) is 30.7 Å². The Bertz CT molecular complexity index is 777. The molecule has 26 heavy (non-hydrogen) atoms. The summed E-state index contributed by atoms with van der Waals surface area (Å²) in [6.45, 7) is 2.62. The van der Waals surface area contributed by atoms with E-state index in [2.05, 4.69) is 15.6 Å². The van der Waals surface area contributed by atoms with Crippen LogP contribution in [0.25, 0.3) is 0 Å². The van der Waals surface area contributed by atoms with E-state index in [1.807, 2.05) is 6.92 Å². The quantitative estimate of drug-likeness (QED) is 0.709. The molecular weight excluding hydrogens is 334 g/mol. The van der Waals surface area contributed by atoms with E-state index in [0.29, 0.717) is 23.7 Å². The normalized spacial score (nSPS) is 10.1. The van der Waals surface area contributed by atoms with Gasteiger partial charge in [0, 0.05) is 12.6 Å². The fraction of sp³-hybridized carbons (Fsp3) is 0.316. The van der Waals surface area contributed by atoms with Gasteiger partial charge in [0.05, 0.1) is 19.9 Å². The minimum atomic E-state index is -0.445. The summed E-state index contributed by atoms with van der Waals surface area (Å²) < 4.78 is 10.4. The third-order valence-corrected chi connectivity index (χ3v) is 3.69. The lowest BCUT2D eigenvalue weighted by Crippen LogP contribution is -2.26. The van der Waals surface area contributed by atoms with Crippen molar-refractivity contribution in [3.05, 3.63) is 47.8 Å². The summed E-state index contributed by atoms with van der Waals surface area (Å²) in [5.74, 6) is 0.331. The molecule has 0 unspecified atom stereocenters. The number of hydrogen-bond acceptors (Lipinski definition) is 5. The summed E-state index contributed by atoms with van der Waals surface area (Å²) in [5, 5.41) is 5.51. The maximum absolute atomic E-state index is 12.5. The summed E-state index contributed by atoms with van der Waals surface area (Å²) in [7, 11) is 3.05. The second-order valence-corrected chi connectivity index (χ2v) is 5.54. The molecule has 0 bridgehead atoms. The Morgan fingerprint density at radius 2 is 1.77 bits per heavy atom. The molecule has 0 fully saturated rings. The number of ether oxygens (including phenoxy) is 2. The van der Waals surface area contributed by atoms with E-state index in [-0.39, 0.29) is 17.3 Å². The molecule has 2 N–H and O–H groups in total. The number of carbonyl (C=O) groups excluding carboxylic acids is 2. The van der Waals surface area contributed by atoms with E-state index in [1.165, 1.54) is 14.2 Å². The monoisotopic (exact) mass is 357 g/mol. The zero-order valence-electron chi connectivity index (χ0n) is 15.2. The maximum atomic E-state index is 12.5. The Labute approximate surface area is 152 Å². The van der Waals surface area contributed by atoms with E-state index in [9.17, 15) is 9.59 Å². The minimum absolute atomic E-state index is 0.137. The van der Waals surface area contributed by atoms with Gasteiger partial charge in [-0.15, -0.1) is 0 Å². The van der Waals surface area contributed by atoms with E-state index >= 15 is 0 Å². The van der Waals surface area contributed by atoms with Crippen molar-refractivity contribution in [3.8, 4) is 11.5 Å². The molecule has 7 nitrogen and oxygen atoms in total. The van der Waals surface area contributed by atoms with Crippen LogP contribution in [0.15, 0.2) is 36.4 Å². The van der Waals surface area contributed by atoms with Crippen LogP contribution in [0.5, 0.6) is 11.5 Å². The molecule has 0 saturated heterocycles. The SMILES string of the molecule is CCCCNC(=O)c1cccc(C(=O)Nc2cc(OC)ccc2OC)n1. The summed E-state index contributed by atoms with van der Waals surface area (Å²) in [5.41, 5.74) is 0.792. The largest absolute Gasteiger partial charge is 0.497 e. The van der Waals surface area contributed by atoms with Gasteiger partial charge in [0.1, 0.15) is 22.9 Å². The minimum Gasteiger partial charge on any atom is -0.497 e. The van der Waals surface area contributed by atoms with Crippen LogP contribution in [-0.2, 0) is 0 Å². The molecule has 1 aromatic carbocycles. The zero-order valence-corrected chi connectivity index (χ0v) is 15.2. The fourth-order valence-corrected chi connectivity index (χ4v) is 2.25. The van der Waals surface area contributed by atoms with Gasteiger partial charge in [0.15, 0.2) is 0 Å². The van der Waals surface area contributed by atoms with E-state index in [0.717, 1.165) is 12.8 Å². The van der Waals surface area contributed by atoms with Crippen LogP contribution >= 0.6 is 0 Å². The van der Waals surface area contributed by atoms with Crippen molar-refractivity contribution in [1.29, 1.82) is 0 Å². The molecule has 1 aromatic heterocycles. The summed E-state index contributed by atoms with van der Waals surface area (Å²) in [6.07, 6.45) is 1.88. The van der Waals surface area contributed by atoms with Crippen LogP contribution in [0.3, 0.4) is 0 Å². The highest BCUT2D eigenvalue weighted by atomic mass is 16.5. The number of benzene rings is 1. The average molecular weight is 357 g/mol. The van der Waals surface area contributed by atoms with Crippen molar-refractivity contribution >= 4 is 17.5 Å². The molecule has 0 atom stereocenters. The standard InChI is InChI=1S/C19H23N3O4/c1-4-5-11-20-18(23)14-7-6-8-15(21-14)19(24)22-16-12-13(25-2)9-10-17(16)26-3/h6-10,12H,4-5,11H2,1-3H3,(H,20,23)(H,22,24). The third kappa shape index (κ3) is 4.95. The van der Waals surface area contributed by atoms with E-state index in [1.54, 1.807) is 36.4 Å². The number of rotatable bonds is 8. The van der Waals surface area contributed by atoms with Gasteiger partial charge >= 0.3 is 0 Å². The number of aromatic nitrogens is 1. The molecule has 0 saturated carbocycles. The van der Waals surface area contributed by atoms with E-state index < -0.39 is 5.91 Å². The number of amides is 2. The van der Waals surface area contributed by atoms with Crippen molar-refractivity contribution in [2.45, 2.75) is 19.8 Å². The maximum Gasteiger partial charge on any atom is 0.274 e. The predicted octanol–water partition coefficient (Wildman–Crippen LogP) is 2.88. The van der Waals surface area contributed by atoms with Crippen LogP contribution < -0.4 is 20.1 Å². The molecule has 138 valence electrons. The lowest BCUT2D eigenvalue weighted by molar-refractivity contribution is 0.0948. The van der Waals surface area contributed by atoms with E-state index in [4.69, 9.17) is 9.47 Å². The predicted molar refractivity (Wildman–Crippen MR) is 99.0 cm³/mol. The summed E-state index contributed by atoms with van der Waals surface area (Å²) >= 11 is 0. The second kappa shape index (κ2) is 9.41. The lowest BCUT2D eigenvalue weighted by atomic mass is 10.2. The Morgan fingerprint density at radius 3 is 2.42 bits per heavy atom. The Kier molecular flexibility index (Phi) is 6.96. The highest BCUT2D eigenvalue weighted by Gasteiger charge is 2.14. The molecule has 0 aliphatic heterocycles. The van der Waals surface area contributed by atoms with Gasteiger partial charge in [-0.3, -0.25) is 9.59 Å². The number of unbranched alkanes of at least 4 members (excludes halogenated alkanes) is 1. The molecule has 2 aromatic rings. The van der Waals surface area contributed by atoms with Crippen LogP contribution in [0.1, 0.15) is 40.7 Å². The van der Waals surface area contributed by atoms with Crippen molar-refractivity contribution < 1.29 is 19.1 Å². The number of nitrogens with zero attached hydrogens (tertiary/aromatic N) is 1. The topological polar surface area (TPSA) is 89.6 Å². The van der Waals surface area contributed by atoms with Gasteiger partial charge in [-0.1, -0.05) is 19.4 Å². The second-order valence-electron chi connectivity index (χ2n) is 5.54. The zero-order chi connectivity index (χ0) is 18.9. The van der Waals surface area contributed by atoms with Crippen molar-refractivity contribution in [2.75, 3.05) is 26.1 Å². The molecule has 1 heterocycles. The molecule has 7 heteroatoms. The number of hydrogen-bond donors (Lipinski definition) is 2. The molecule has 0 aliphatic rings. The first-order chi connectivity index (χ1) is 12.6. The number of carbonyl (C=O) groups is 2. The lowest BCUT2D eigenvalue weighted by Gasteiger charge is -2.12. The van der Waals surface area contributed by atoms with Crippen LogP contribution in [0.2, 0.25) is 0 Å². The first-order valence-electron chi connectivity index (χ1n) is 8.37. The highest BCUT2D eigenvalue weighted by molar-refractivity contribution is 6.04. The molecule has 2 rings (SSSR count). The van der Waals surface area contributed by atoms with Gasteiger partial charge in [0.25, 0.3) is 11.8 Å². The van der Waals surface area contributed by atoms with Crippen LogP contribution in [0, 0.1) is 0 Å². The van der Waals surface area contributed by atoms with Gasteiger partial charge < -0.3 is 20.1 Å². The van der Waals surface area contributed by atoms with Crippen molar-refractivity contribution in [3.63, 3.8) is 0 Å². The Balaban J connectivity index is 2.15. The number of nitrogens with one attached hydrogen (secondary N) is 2. The van der Waals surface area contributed by atoms with Crippen molar-refractivity contribution in [2.24, 2.45) is 0 Å². The number of methoxy groups -OCH3 is 2. The smallest absolute Gasteiger partial charge is 0.274 e. The molecule has 0 aliphatic carbocycles. The first kappa shape index (κ1) is 19.2. The van der Waals surface area contributed by atoms with Crippen molar-refractivity contribution in [1.82, 2.24) is 10.3 Å². The molecular formula is C19H23N3O4. The Morgan fingerprint density at radius 1 is 1.04 bits per heavy atom. The highest BCUT2D eigenvalue weighted by Crippen LogP contribution is 2.29. The van der Waals surface area contributed by atoms with Crippen LogP contribution in [0.4, 0.5) is 5.69 Å².